The number of carbonyl (C=O) groups excluding carboxylic acids is 2. The van der Waals surface area contributed by atoms with Crippen molar-refractivity contribution in [3.63, 3.8) is 0 Å². The highest BCUT2D eigenvalue weighted by atomic mass is 35.5. The highest BCUT2D eigenvalue weighted by Crippen LogP contribution is 2.37. The molecule has 15 heteroatoms. The van der Waals surface area contributed by atoms with Crippen molar-refractivity contribution in [2.75, 3.05) is 59.7 Å². The molecule has 0 aliphatic carbocycles. The molecule has 2 fully saturated rings. The number of oxazole rings is 1. The van der Waals surface area contributed by atoms with E-state index in [1.54, 1.807) is 21.9 Å². The topological polar surface area (TPSA) is 107 Å². The number of anilines is 4. The standard InChI is InChI=1S/C32H30ClF4N7O3/c33-22-7-5-20(6-8-22)21-11-13-44(14-12-21)31-41-28(32(35,36)37)27(47-31)29(45)39-23-9-10-26(38-19-23)42-15-17-43(18-16-42)30(46)40-25-4-2-1-3-24(25)34/h1-10,19,21H,11-18H2,(H,39,45)(H,40,46). The third-order valence-corrected chi connectivity index (χ3v) is 8.46. The Morgan fingerprint density at radius 3 is 2.21 bits per heavy atom. The molecule has 0 atom stereocenters. The lowest BCUT2D eigenvalue weighted by molar-refractivity contribution is -0.141. The number of alkyl halides is 3. The Hall–Kier alpha value is -4.85. The zero-order chi connectivity index (χ0) is 33.1. The van der Waals surface area contributed by atoms with Crippen molar-refractivity contribution in [3.05, 3.63) is 94.7 Å². The molecule has 2 N–H and O–H groups in total. The maximum absolute atomic E-state index is 13.9. The first-order valence-corrected chi connectivity index (χ1v) is 15.3. The van der Waals surface area contributed by atoms with Gasteiger partial charge in [-0.05, 0) is 60.7 Å². The number of para-hydroxylation sites is 1. The molecule has 2 aromatic heterocycles. The Bertz CT molecular complexity index is 1720. The molecule has 2 saturated heterocycles. The lowest BCUT2D eigenvalue weighted by Crippen LogP contribution is -2.50. The van der Waals surface area contributed by atoms with Crippen LogP contribution in [-0.2, 0) is 6.18 Å². The van der Waals surface area contributed by atoms with Gasteiger partial charge in [-0.25, -0.2) is 14.2 Å². The number of benzene rings is 2. The van der Waals surface area contributed by atoms with Crippen LogP contribution in [0.25, 0.3) is 0 Å². The van der Waals surface area contributed by atoms with Gasteiger partial charge in [0.2, 0.25) is 5.76 Å². The number of nitrogens with one attached hydrogen (secondary N) is 2. The Morgan fingerprint density at radius 2 is 1.57 bits per heavy atom. The molecular formula is C32H30ClF4N7O3. The van der Waals surface area contributed by atoms with Crippen LogP contribution < -0.4 is 20.4 Å². The Labute approximate surface area is 272 Å². The Morgan fingerprint density at radius 1 is 0.872 bits per heavy atom. The van der Waals surface area contributed by atoms with E-state index in [0.29, 0.717) is 63.0 Å². The van der Waals surface area contributed by atoms with Crippen LogP contribution in [0, 0.1) is 5.82 Å². The van der Waals surface area contributed by atoms with E-state index in [1.807, 2.05) is 29.2 Å². The molecule has 0 unspecified atom stereocenters. The van der Waals surface area contributed by atoms with Crippen molar-refractivity contribution < 1.29 is 31.6 Å². The van der Waals surface area contributed by atoms with E-state index >= 15 is 0 Å². The predicted molar refractivity (Wildman–Crippen MR) is 169 cm³/mol. The van der Waals surface area contributed by atoms with Crippen molar-refractivity contribution in [2.45, 2.75) is 24.9 Å². The number of urea groups is 1. The van der Waals surface area contributed by atoms with E-state index in [-0.39, 0.29) is 23.3 Å². The summed E-state index contributed by atoms with van der Waals surface area (Å²) in [4.78, 5) is 38.7. The van der Waals surface area contributed by atoms with Gasteiger partial charge in [-0.15, -0.1) is 0 Å². The van der Waals surface area contributed by atoms with Gasteiger partial charge < -0.3 is 29.8 Å². The number of hydrogen-bond donors (Lipinski definition) is 2. The summed E-state index contributed by atoms with van der Waals surface area (Å²) in [5, 5.41) is 5.62. The number of pyridine rings is 1. The third-order valence-electron chi connectivity index (χ3n) is 8.21. The number of nitrogens with zero attached hydrogens (tertiary/aromatic N) is 5. The van der Waals surface area contributed by atoms with E-state index in [2.05, 4.69) is 20.6 Å². The molecule has 246 valence electrons. The van der Waals surface area contributed by atoms with Gasteiger partial charge in [0.05, 0.1) is 17.6 Å². The number of rotatable bonds is 6. The van der Waals surface area contributed by atoms with Crippen LogP contribution in [0.1, 0.15) is 40.6 Å². The van der Waals surface area contributed by atoms with Crippen molar-refractivity contribution in [1.82, 2.24) is 14.9 Å². The smallest absolute Gasteiger partial charge is 0.417 e. The SMILES string of the molecule is O=C(Nc1ccc(N2CCN(C(=O)Nc3ccccc3F)CC2)nc1)c1oc(N2CCC(c3ccc(Cl)cc3)CC2)nc1C(F)(F)F. The number of halogens is 5. The summed E-state index contributed by atoms with van der Waals surface area (Å²) in [6.45, 7) is 2.40. The quantitative estimate of drug-likeness (QED) is 0.216. The van der Waals surface area contributed by atoms with E-state index in [9.17, 15) is 27.2 Å². The fourth-order valence-corrected chi connectivity index (χ4v) is 5.79. The van der Waals surface area contributed by atoms with Crippen LogP contribution in [0.15, 0.2) is 71.3 Å². The average molecular weight is 672 g/mol. The second-order valence-electron chi connectivity index (χ2n) is 11.2. The highest BCUT2D eigenvalue weighted by molar-refractivity contribution is 6.30. The van der Waals surface area contributed by atoms with Crippen LogP contribution in [0.4, 0.5) is 45.6 Å². The summed E-state index contributed by atoms with van der Waals surface area (Å²) in [6.07, 6.45) is -2.25. The maximum atomic E-state index is 13.9. The molecule has 10 nitrogen and oxygen atoms in total. The summed E-state index contributed by atoms with van der Waals surface area (Å²) in [5.74, 6) is -1.79. The molecule has 2 aliphatic heterocycles. The monoisotopic (exact) mass is 671 g/mol. The van der Waals surface area contributed by atoms with Gasteiger partial charge >= 0.3 is 12.2 Å². The second kappa shape index (κ2) is 13.5. The zero-order valence-electron chi connectivity index (χ0n) is 24.9. The molecule has 2 aliphatic rings. The summed E-state index contributed by atoms with van der Waals surface area (Å²) in [5.41, 5.74) is -0.0377. The molecule has 4 heterocycles. The van der Waals surface area contributed by atoms with Crippen LogP contribution in [0.3, 0.4) is 0 Å². The molecule has 4 aromatic rings. The minimum Gasteiger partial charge on any atom is -0.417 e. The Balaban J connectivity index is 1.05. The van der Waals surface area contributed by atoms with Gasteiger partial charge in [-0.2, -0.15) is 18.2 Å². The largest absolute Gasteiger partial charge is 0.437 e. The van der Waals surface area contributed by atoms with E-state index in [1.165, 1.54) is 30.5 Å². The average Bonchev–Trinajstić information content (AvgIpc) is 3.54. The van der Waals surface area contributed by atoms with Crippen LogP contribution >= 0.6 is 11.6 Å². The molecule has 0 spiro atoms. The van der Waals surface area contributed by atoms with Crippen LogP contribution in [0.5, 0.6) is 0 Å². The minimum absolute atomic E-state index is 0.0954. The summed E-state index contributed by atoms with van der Waals surface area (Å²) in [7, 11) is 0. The third kappa shape index (κ3) is 7.43. The lowest BCUT2D eigenvalue weighted by Gasteiger charge is -2.35. The van der Waals surface area contributed by atoms with Crippen LogP contribution in [0.2, 0.25) is 5.02 Å². The fourth-order valence-electron chi connectivity index (χ4n) is 5.66. The van der Waals surface area contributed by atoms with Crippen LogP contribution in [-0.4, -0.2) is 66.1 Å². The minimum atomic E-state index is -4.91. The molecule has 0 radical (unpaired) electrons. The van der Waals surface area contributed by atoms with Gasteiger partial charge in [-0.3, -0.25) is 4.79 Å². The van der Waals surface area contributed by atoms with Gasteiger partial charge in [0, 0.05) is 44.3 Å². The van der Waals surface area contributed by atoms with E-state index in [4.69, 9.17) is 16.0 Å². The van der Waals surface area contributed by atoms with Gasteiger partial charge in [0.1, 0.15) is 11.6 Å². The van der Waals surface area contributed by atoms with Crippen molar-refractivity contribution >= 4 is 46.7 Å². The number of carbonyl (C=O) groups is 2. The van der Waals surface area contributed by atoms with Crippen molar-refractivity contribution in [3.8, 4) is 0 Å². The molecule has 0 saturated carbocycles. The fraction of sp³-hybridized carbons (Fsp3) is 0.312. The molecule has 2 aromatic carbocycles. The molecular weight excluding hydrogens is 642 g/mol. The van der Waals surface area contributed by atoms with Crippen molar-refractivity contribution in [2.24, 2.45) is 0 Å². The number of aromatic nitrogens is 2. The Kier molecular flexibility index (Phi) is 9.21. The first-order valence-electron chi connectivity index (χ1n) is 15.0. The van der Waals surface area contributed by atoms with E-state index < -0.39 is 35.4 Å². The zero-order valence-corrected chi connectivity index (χ0v) is 25.7. The lowest BCUT2D eigenvalue weighted by atomic mass is 9.90. The second-order valence-corrected chi connectivity index (χ2v) is 11.7. The number of piperazine rings is 1. The van der Waals surface area contributed by atoms with Gasteiger partial charge in [0.25, 0.3) is 11.9 Å². The number of piperidine rings is 1. The van der Waals surface area contributed by atoms with Crippen molar-refractivity contribution in [1.29, 1.82) is 0 Å². The molecule has 0 bridgehead atoms. The van der Waals surface area contributed by atoms with E-state index in [0.717, 1.165) is 5.56 Å². The molecule has 6 rings (SSSR count). The first-order chi connectivity index (χ1) is 22.5. The molecule has 47 heavy (non-hydrogen) atoms. The normalized spacial score (nSPS) is 15.9. The number of hydrogen-bond acceptors (Lipinski definition) is 7. The number of amides is 3. The highest BCUT2D eigenvalue weighted by Gasteiger charge is 2.42. The molecule has 3 amide bonds. The summed E-state index contributed by atoms with van der Waals surface area (Å²) >= 11 is 5.98. The maximum Gasteiger partial charge on any atom is 0.437 e. The van der Waals surface area contributed by atoms with Gasteiger partial charge in [-0.1, -0.05) is 35.9 Å². The first kappa shape index (κ1) is 32.1. The van der Waals surface area contributed by atoms with Gasteiger partial charge in [0.15, 0.2) is 5.69 Å². The predicted octanol–water partition coefficient (Wildman–Crippen LogP) is 6.87. The summed E-state index contributed by atoms with van der Waals surface area (Å²) in [6, 6.07) is 15.9. The summed E-state index contributed by atoms with van der Waals surface area (Å²) < 4.78 is 61.1.